The molecule has 3 rings (SSSR count). The monoisotopic (exact) mass is 562 g/mol. The third-order valence-electron chi connectivity index (χ3n) is 3.92. The van der Waals surface area contributed by atoms with Crippen LogP contribution < -0.4 is 10.2 Å². The van der Waals surface area contributed by atoms with Crippen LogP contribution in [0.25, 0.3) is 0 Å². The second-order valence-electron chi connectivity index (χ2n) is 6.15. The number of rotatable bonds is 5. The Labute approximate surface area is 190 Å². The Hall–Kier alpha value is -2.52. The number of hydrogen-bond acceptors (Lipinski definition) is 4. The van der Waals surface area contributed by atoms with E-state index in [4.69, 9.17) is 4.74 Å². The minimum atomic E-state index is -0.468. The molecule has 0 saturated heterocycles. The van der Waals surface area contributed by atoms with Gasteiger partial charge in [0.2, 0.25) is 0 Å². The Morgan fingerprint density at radius 3 is 2.52 bits per heavy atom. The van der Waals surface area contributed by atoms with Crippen molar-refractivity contribution in [2.24, 2.45) is 5.10 Å². The second kappa shape index (κ2) is 9.80. The fourth-order valence-corrected chi connectivity index (χ4v) is 3.34. The van der Waals surface area contributed by atoms with Crippen LogP contribution >= 0.6 is 38.5 Å². The standard InChI is InChI=1S/C22H16BrIN2O3/c1-14-5-7-15(8-6-14)22(28)29-20-10-9-18(23)11-17(20)13-25-26-21(27)16-3-2-4-19(24)12-16/h2-13H,1H3,(H,26,27)/b25-13-. The van der Waals surface area contributed by atoms with Crippen LogP contribution in [0.1, 0.15) is 31.8 Å². The van der Waals surface area contributed by atoms with Gasteiger partial charge in [-0.1, -0.05) is 39.7 Å². The molecular formula is C22H16BrIN2O3. The average molecular weight is 563 g/mol. The van der Waals surface area contributed by atoms with Gasteiger partial charge in [-0.15, -0.1) is 0 Å². The van der Waals surface area contributed by atoms with E-state index in [1.54, 1.807) is 48.5 Å². The Balaban J connectivity index is 1.74. The molecule has 5 nitrogen and oxygen atoms in total. The van der Waals surface area contributed by atoms with E-state index >= 15 is 0 Å². The fraction of sp³-hybridized carbons (Fsp3) is 0.0455. The summed E-state index contributed by atoms with van der Waals surface area (Å²) in [6, 6.07) is 19.5. The molecule has 0 aromatic heterocycles. The van der Waals surface area contributed by atoms with Crippen LogP contribution in [-0.2, 0) is 0 Å². The van der Waals surface area contributed by atoms with Gasteiger partial charge >= 0.3 is 5.97 Å². The number of esters is 1. The summed E-state index contributed by atoms with van der Waals surface area (Å²) < 4.78 is 7.26. The van der Waals surface area contributed by atoms with Gasteiger partial charge in [0.25, 0.3) is 5.91 Å². The molecule has 0 unspecified atom stereocenters. The Kier molecular flexibility index (Phi) is 7.16. The molecule has 0 atom stereocenters. The molecule has 29 heavy (non-hydrogen) atoms. The molecule has 0 heterocycles. The molecule has 0 spiro atoms. The van der Waals surface area contributed by atoms with E-state index < -0.39 is 5.97 Å². The van der Waals surface area contributed by atoms with Gasteiger partial charge in [-0.25, -0.2) is 10.2 Å². The highest BCUT2D eigenvalue weighted by molar-refractivity contribution is 14.1. The van der Waals surface area contributed by atoms with E-state index in [0.717, 1.165) is 13.6 Å². The van der Waals surface area contributed by atoms with E-state index in [0.29, 0.717) is 22.4 Å². The molecule has 0 aliphatic rings. The van der Waals surface area contributed by atoms with Crippen LogP contribution in [0.3, 0.4) is 0 Å². The van der Waals surface area contributed by atoms with E-state index in [-0.39, 0.29) is 5.91 Å². The number of aryl methyl sites for hydroxylation is 1. The lowest BCUT2D eigenvalue weighted by molar-refractivity contribution is 0.0734. The van der Waals surface area contributed by atoms with Crippen molar-refractivity contribution >= 4 is 56.6 Å². The van der Waals surface area contributed by atoms with Crippen LogP contribution in [0.15, 0.2) is 76.3 Å². The third kappa shape index (κ3) is 5.98. The van der Waals surface area contributed by atoms with E-state index in [9.17, 15) is 9.59 Å². The molecule has 0 aliphatic carbocycles. The highest BCUT2D eigenvalue weighted by atomic mass is 127. The van der Waals surface area contributed by atoms with Crippen molar-refractivity contribution < 1.29 is 14.3 Å². The summed E-state index contributed by atoms with van der Waals surface area (Å²) >= 11 is 5.53. The maximum absolute atomic E-state index is 12.4. The number of hydrazone groups is 1. The van der Waals surface area contributed by atoms with E-state index in [2.05, 4.69) is 49.0 Å². The molecule has 7 heteroatoms. The quantitative estimate of drug-likeness (QED) is 0.150. The summed E-state index contributed by atoms with van der Waals surface area (Å²) in [6.07, 6.45) is 1.44. The number of benzene rings is 3. The van der Waals surface area contributed by atoms with Crippen LogP contribution in [0, 0.1) is 10.5 Å². The molecule has 146 valence electrons. The zero-order valence-electron chi connectivity index (χ0n) is 15.4. The van der Waals surface area contributed by atoms with Gasteiger partial charge in [0, 0.05) is 19.2 Å². The predicted octanol–water partition coefficient (Wildman–Crippen LogP) is 5.35. The van der Waals surface area contributed by atoms with Crippen molar-refractivity contribution in [2.45, 2.75) is 6.92 Å². The maximum Gasteiger partial charge on any atom is 0.343 e. The van der Waals surface area contributed by atoms with Crippen molar-refractivity contribution in [1.29, 1.82) is 0 Å². The van der Waals surface area contributed by atoms with Gasteiger partial charge in [-0.2, -0.15) is 5.10 Å². The number of ether oxygens (including phenoxy) is 1. The minimum Gasteiger partial charge on any atom is -0.422 e. The lowest BCUT2D eigenvalue weighted by atomic mass is 10.1. The summed E-state index contributed by atoms with van der Waals surface area (Å²) in [5.74, 6) is -0.455. The Bertz CT molecular complexity index is 1080. The summed E-state index contributed by atoms with van der Waals surface area (Å²) in [4.78, 5) is 24.6. The van der Waals surface area contributed by atoms with Crippen molar-refractivity contribution in [3.05, 3.63) is 97.0 Å². The first-order valence-electron chi connectivity index (χ1n) is 8.60. The van der Waals surface area contributed by atoms with Gasteiger partial charge in [0.15, 0.2) is 0 Å². The number of hydrogen-bond donors (Lipinski definition) is 1. The van der Waals surface area contributed by atoms with E-state index in [1.165, 1.54) is 6.21 Å². The van der Waals surface area contributed by atoms with Crippen molar-refractivity contribution in [3.63, 3.8) is 0 Å². The Morgan fingerprint density at radius 1 is 1.03 bits per heavy atom. The van der Waals surface area contributed by atoms with Gasteiger partial charge < -0.3 is 4.74 Å². The smallest absolute Gasteiger partial charge is 0.343 e. The van der Waals surface area contributed by atoms with Crippen LogP contribution in [0.2, 0.25) is 0 Å². The largest absolute Gasteiger partial charge is 0.422 e. The maximum atomic E-state index is 12.4. The van der Waals surface area contributed by atoms with E-state index in [1.807, 2.05) is 25.1 Å². The summed E-state index contributed by atoms with van der Waals surface area (Å²) in [5.41, 5.74) is 5.05. The second-order valence-corrected chi connectivity index (χ2v) is 8.31. The molecule has 0 saturated carbocycles. The van der Waals surface area contributed by atoms with Crippen molar-refractivity contribution in [3.8, 4) is 5.75 Å². The number of carbonyl (C=O) groups excluding carboxylic acids is 2. The van der Waals surface area contributed by atoms with Crippen LogP contribution in [0.5, 0.6) is 5.75 Å². The molecule has 0 bridgehead atoms. The predicted molar refractivity (Wildman–Crippen MR) is 124 cm³/mol. The number of nitrogens with one attached hydrogen (secondary N) is 1. The molecule has 3 aromatic carbocycles. The van der Waals surface area contributed by atoms with Gasteiger partial charge in [-0.3, -0.25) is 4.79 Å². The normalized spacial score (nSPS) is 10.7. The van der Waals surface area contributed by atoms with Crippen molar-refractivity contribution in [1.82, 2.24) is 5.43 Å². The zero-order chi connectivity index (χ0) is 20.8. The molecule has 1 N–H and O–H groups in total. The Morgan fingerprint density at radius 2 is 1.79 bits per heavy atom. The fourth-order valence-electron chi connectivity index (χ4n) is 2.42. The lowest BCUT2D eigenvalue weighted by Gasteiger charge is -2.08. The lowest BCUT2D eigenvalue weighted by Crippen LogP contribution is -2.17. The molecule has 1 amide bonds. The van der Waals surface area contributed by atoms with Gasteiger partial charge in [-0.05, 0) is 78.0 Å². The first-order valence-corrected chi connectivity index (χ1v) is 10.5. The number of carbonyl (C=O) groups is 2. The number of amides is 1. The minimum absolute atomic E-state index is 0.326. The first-order chi connectivity index (χ1) is 13.9. The average Bonchev–Trinajstić information content (AvgIpc) is 2.70. The third-order valence-corrected chi connectivity index (χ3v) is 5.08. The topological polar surface area (TPSA) is 67.8 Å². The van der Waals surface area contributed by atoms with Gasteiger partial charge in [0.05, 0.1) is 11.8 Å². The molecule has 0 aliphatic heterocycles. The SMILES string of the molecule is Cc1ccc(C(=O)Oc2ccc(Br)cc2/C=N\NC(=O)c2cccc(I)c2)cc1. The first kappa shape index (κ1) is 21.2. The zero-order valence-corrected chi connectivity index (χ0v) is 19.1. The van der Waals surface area contributed by atoms with Crippen LogP contribution in [0.4, 0.5) is 0 Å². The molecular weight excluding hydrogens is 547 g/mol. The summed E-state index contributed by atoms with van der Waals surface area (Å²) in [5, 5.41) is 4.00. The summed E-state index contributed by atoms with van der Waals surface area (Å²) in [7, 11) is 0. The van der Waals surface area contributed by atoms with Crippen LogP contribution in [-0.4, -0.2) is 18.1 Å². The summed E-state index contributed by atoms with van der Waals surface area (Å²) in [6.45, 7) is 1.95. The highest BCUT2D eigenvalue weighted by Crippen LogP contribution is 2.23. The van der Waals surface area contributed by atoms with Crippen molar-refractivity contribution in [2.75, 3.05) is 0 Å². The highest BCUT2D eigenvalue weighted by Gasteiger charge is 2.12. The number of nitrogens with zero attached hydrogens (tertiary/aromatic N) is 1. The molecule has 3 aromatic rings. The van der Waals surface area contributed by atoms with Gasteiger partial charge in [0.1, 0.15) is 5.75 Å². The molecule has 0 radical (unpaired) electrons. The number of halogens is 2. The molecule has 0 fully saturated rings.